The van der Waals surface area contributed by atoms with Crippen molar-refractivity contribution in [1.29, 1.82) is 0 Å². The first kappa shape index (κ1) is 18.5. The summed E-state index contributed by atoms with van der Waals surface area (Å²) in [7, 11) is 1.62. The lowest BCUT2D eigenvalue weighted by molar-refractivity contribution is -0.122. The summed E-state index contributed by atoms with van der Waals surface area (Å²) in [6, 6.07) is 14.7. The Labute approximate surface area is 165 Å². The van der Waals surface area contributed by atoms with Crippen molar-refractivity contribution in [3.8, 4) is 16.9 Å². The lowest BCUT2D eigenvalue weighted by Gasteiger charge is -2.27. The second kappa shape index (κ2) is 7.30. The summed E-state index contributed by atoms with van der Waals surface area (Å²) in [6.07, 6.45) is 2.01. The molecule has 1 aliphatic carbocycles. The Hall–Kier alpha value is -2.82. The minimum absolute atomic E-state index is 0.121. The largest absolute Gasteiger partial charge is 0.497 e. The van der Waals surface area contributed by atoms with Crippen LogP contribution in [-0.2, 0) is 4.79 Å². The Morgan fingerprint density at radius 3 is 2.64 bits per heavy atom. The number of amides is 2. The number of nitrogens with zero attached hydrogens (tertiary/aromatic N) is 1. The van der Waals surface area contributed by atoms with Crippen molar-refractivity contribution in [1.82, 2.24) is 4.90 Å². The number of hydrogen-bond donors (Lipinski definition) is 1. The lowest BCUT2D eigenvalue weighted by Crippen LogP contribution is -2.46. The molecule has 4 rings (SSSR count). The molecular weight excluding hydrogens is 352 g/mol. The molecule has 2 fully saturated rings. The molecule has 1 aliphatic heterocycles. The topological polar surface area (TPSA) is 72.6 Å². The van der Waals surface area contributed by atoms with E-state index in [1.54, 1.807) is 12.0 Å². The van der Waals surface area contributed by atoms with Crippen LogP contribution in [0, 0.1) is 17.8 Å². The zero-order valence-corrected chi connectivity index (χ0v) is 16.3. The highest BCUT2D eigenvalue weighted by molar-refractivity contribution is 6.03. The first-order valence-corrected chi connectivity index (χ1v) is 9.83. The fourth-order valence-electron chi connectivity index (χ4n) is 5.08. The van der Waals surface area contributed by atoms with Gasteiger partial charge in [0, 0.05) is 12.1 Å². The number of likely N-dealkylation sites (tertiary alicyclic amines) is 1. The van der Waals surface area contributed by atoms with Crippen LogP contribution < -0.4 is 10.5 Å². The summed E-state index contributed by atoms with van der Waals surface area (Å²) in [5.41, 5.74) is 8.08. The third-order valence-electron chi connectivity index (χ3n) is 6.25. The van der Waals surface area contributed by atoms with E-state index in [0.29, 0.717) is 23.9 Å². The van der Waals surface area contributed by atoms with Gasteiger partial charge in [0.05, 0.1) is 7.11 Å². The van der Waals surface area contributed by atoms with E-state index in [1.165, 1.54) is 0 Å². The summed E-state index contributed by atoms with van der Waals surface area (Å²) >= 11 is 0. The van der Waals surface area contributed by atoms with Gasteiger partial charge in [-0.05, 0) is 59.9 Å². The number of methoxy groups -OCH3 is 1. The van der Waals surface area contributed by atoms with Crippen molar-refractivity contribution in [2.45, 2.75) is 25.8 Å². The maximum absolute atomic E-state index is 13.5. The Morgan fingerprint density at radius 2 is 1.89 bits per heavy atom. The molecule has 5 nitrogen and oxygen atoms in total. The zero-order chi connectivity index (χ0) is 19.8. The van der Waals surface area contributed by atoms with Crippen LogP contribution in [-0.4, -0.2) is 36.4 Å². The van der Waals surface area contributed by atoms with Crippen LogP contribution in [0.3, 0.4) is 0 Å². The number of benzene rings is 2. The molecular formula is C23H26N2O3. The van der Waals surface area contributed by atoms with Gasteiger partial charge < -0.3 is 15.4 Å². The molecule has 2 N–H and O–H groups in total. The van der Waals surface area contributed by atoms with E-state index in [2.05, 4.69) is 6.92 Å². The number of hydrogen-bond acceptors (Lipinski definition) is 3. The van der Waals surface area contributed by atoms with Gasteiger partial charge in [0.15, 0.2) is 0 Å². The maximum atomic E-state index is 13.5. The summed E-state index contributed by atoms with van der Waals surface area (Å²) in [6.45, 7) is 2.81. The van der Waals surface area contributed by atoms with Crippen LogP contribution >= 0.6 is 0 Å². The Morgan fingerprint density at radius 1 is 1.11 bits per heavy atom. The number of fused-ring (bicyclic) bond motifs is 1. The van der Waals surface area contributed by atoms with E-state index < -0.39 is 11.9 Å². The zero-order valence-electron chi connectivity index (χ0n) is 16.3. The van der Waals surface area contributed by atoms with Crippen LogP contribution in [0.2, 0.25) is 0 Å². The summed E-state index contributed by atoms with van der Waals surface area (Å²) in [5, 5.41) is 0. The van der Waals surface area contributed by atoms with Crippen molar-refractivity contribution >= 4 is 11.8 Å². The van der Waals surface area contributed by atoms with E-state index >= 15 is 0 Å². The SMILES string of the molecule is COc1cccc(-c2ccccc2C(=O)N2CC3CC(C)CC3C2C(N)=O)c1. The molecule has 0 aromatic heterocycles. The first-order chi connectivity index (χ1) is 13.5. The van der Waals surface area contributed by atoms with Crippen LogP contribution in [0.15, 0.2) is 48.5 Å². The Bertz CT molecular complexity index is 910. The average Bonchev–Trinajstić information content (AvgIpc) is 3.23. The number of ether oxygens (including phenoxy) is 1. The molecule has 4 atom stereocenters. The van der Waals surface area contributed by atoms with Crippen LogP contribution in [0.25, 0.3) is 11.1 Å². The number of nitrogens with two attached hydrogens (primary N) is 1. The fourth-order valence-corrected chi connectivity index (χ4v) is 5.08. The molecule has 2 amide bonds. The van der Waals surface area contributed by atoms with Gasteiger partial charge in [0.2, 0.25) is 5.91 Å². The van der Waals surface area contributed by atoms with Gasteiger partial charge in [-0.3, -0.25) is 9.59 Å². The molecule has 2 aromatic rings. The molecule has 1 saturated heterocycles. The molecule has 0 spiro atoms. The minimum Gasteiger partial charge on any atom is -0.497 e. The molecule has 5 heteroatoms. The molecule has 146 valence electrons. The molecule has 4 unspecified atom stereocenters. The smallest absolute Gasteiger partial charge is 0.255 e. The predicted octanol–water partition coefficient (Wildman–Crippen LogP) is 3.33. The molecule has 1 heterocycles. The quantitative estimate of drug-likeness (QED) is 0.887. The minimum atomic E-state index is -0.513. The number of rotatable bonds is 4. The second-order valence-electron chi connectivity index (χ2n) is 8.08. The van der Waals surface area contributed by atoms with E-state index in [0.717, 1.165) is 29.7 Å². The van der Waals surface area contributed by atoms with Crippen molar-refractivity contribution in [3.05, 3.63) is 54.1 Å². The van der Waals surface area contributed by atoms with Gasteiger partial charge in [-0.2, -0.15) is 0 Å². The van der Waals surface area contributed by atoms with Crippen LogP contribution in [0.4, 0.5) is 0 Å². The average molecular weight is 378 g/mol. The predicted molar refractivity (Wildman–Crippen MR) is 108 cm³/mol. The van der Waals surface area contributed by atoms with E-state index in [4.69, 9.17) is 10.5 Å². The molecule has 28 heavy (non-hydrogen) atoms. The van der Waals surface area contributed by atoms with Gasteiger partial charge in [0.25, 0.3) is 5.91 Å². The Balaban J connectivity index is 1.70. The molecule has 1 saturated carbocycles. The highest BCUT2D eigenvalue weighted by Crippen LogP contribution is 2.45. The van der Waals surface area contributed by atoms with Crippen molar-refractivity contribution < 1.29 is 14.3 Å². The van der Waals surface area contributed by atoms with Crippen LogP contribution in [0.1, 0.15) is 30.1 Å². The highest BCUT2D eigenvalue weighted by Gasteiger charge is 2.50. The normalized spacial score (nSPS) is 26.1. The van der Waals surface area contributed by atoms with Gasteiger partial charge in [-0.1, -0.05) is 37.3 Å². The molecule has 0 radical (unpaired) electrons. The van der Waals surface area contributed by atoms with Crippen molar-refractivity contribution in [3.63, 3.8) is 0 Å². The van der Waals surface area contributed by atoms with E-state index in [1.807, 2.05) is 48.5 Å². The third-order valence-corrected chi connectivity index (χ3v) is 6.25. The van der Waals surface area contributed by atoms with E-state index in [-0.39, 0.29) is 11.8 Å². The lowest BCUT2D eigenvalue weighted by atomic mass is 9.93. The van der Waals surface area contributed by atoms with Gasteiger partial charge in [-0.15, -0.1) is 0 Å². The maximum Gasteiger partial charge on any atom is 0.255 e. The van der Waals surface area contributed by atoms with Gasteiger partial charge in [0.1, 0.15) is 11.8 Å². The van der Waals surface area contributed by atoms with Gasteiger partial charge in [-0.25, -0.2) is 0 Å². The fraction of sp³-hybridized carbons (Fsp3) is 0.391. The molecule has 2 aliphatic rings. The monoisotopic (exact) mass is 378 g/mol. The second-order valence-corrected chi connectivity index (χ2v) is 8.08. The van der Waals surface area contributed by atoms with E-state index in [9.17, 15) is 9.59 Å². The third kappa shape index (κ3) is 3.15. The van der Waals surface area contributed by atoms with Crippen LogP contribution in [0.5, 0.6) is 5.75 Å². The number of carbonyl (C=O) groups excluding carboxylic acids is 2. The Kier molecular flexibility index (Phi) is 4.84. The number of carbonyl (C=O) groups is 2. The number of primary amides is 1. The van der Waals surface area contributed by atoms with Gasteiger partial charge >= 0.3 is 0 Å². The summed E-state index contributed by atoms with van der Waals surface area (Å²) < 4.78 is 5.33. The van der Waals surface area contributed by atoms with Crippen molar-refractivity contribution in [2.24, 2.45) is 23.5 Å². The summed E-state index contributed by atoms with van der Waals surface area (Å²) in [5.74, 6) is 1.34. The molecule has 0 bridgehead atoms. The van der Waals surface area contributed by atoms with Crippen molar-refractivity contribution in [2.75, 3.05) is 13.7 Å². The summed E-state index contributed by atoms with van der Waals surface area (Å²) in [4.78, 5) is 27.5. The standard InChI is InChI=1S/C23H26N2O3/c1-14-10-16-13-25(21(22(24)26)20(16)11-14)23(27)19-9-4-3-8-18(19)15-6-5-7-17(12-15)28-2/h3-9,12,14,16,20-21H,10-11,13H2,1-2H3,(H2,24,26). The first-order valence-electron chi connectivity index (χ1n) is 9.83. The highest BCUT2D eigenvalue weighted by atomic mass is 16.5. The molecule has 2 aromatic carbocycles.